The van der Waals surface area contributed by atoms with Crippen LogP contribution in [0.3, 0.4) is 0 Å². The van der Waals surface area contributed by atoms with E-state index in [1.807, 2.05) is 0 Å². The molecular formula is C7H7BrClNO. The summed E-state index contributed by atoms with van der Waals surface area (Å²) in [5, 5.41) is 0.519. The number of methoxy groups -OCH3 is 1. The molecule has 11 heavy (non-hydrogen) atoms. The maximum Gasteiger partial charge on any atom is 0.122 e. The Bertz CT molecular complexity index is 254. The van der Waals surface area contributed by atoms with Crippen LogP contribution in [-0.4, -0.2) is 7.11 Å². The highest BCUT2D eigenvalue weighted by atomic mass is 79.9. The first kappa shape index (κ1) is 8.68. The van der Waals surface area contributed by atoms with Crippen molar-refractivity contribution in [3.8, 4) is 5.75 Å². The second kappa shape index (κ2) is 3.32. The molecule has 0 bridgehead atoms. The van der Waals surface area contributed by atoms with Gasteiger partial charge in [-0.1, -0.05) is 11.6 Å². The van der Waals surface area contributed by atoms with Gasteiger partial charge in [0.25, 0.3) is 0 Å². The first-order valence-electron chi connectivity index (χ1n) is 2.93. The van der Waals surface area contributed by atoms with Crippen LogP contribution in [0.5, 0.6) is 5.75 Å². The van der Waals surface area contributed by atoms with Crippen molar-refractivity contribution >= 4 is 33.2 Å². The summed E-state index contributed by atoms with van der Waals surface area (Å²) in [5.41, 5.74) is 6.07. The van der Waals surface area contributed by atoms with Crippen molar-refractivity contribution in [3.63, 3.8) is 0 Å². The molecule has 0 heterocycles. The normalized spacial score (nSPS) is 9.73. The summed E-state index contributed by atoms with van der Waals surface area (Å²) in [6.07, 6.45) is 0. The summed E-state index contributed by atoms with van der Waals surface area (Å²) in [4.78, 5) is 0. The summed E-state index contributed by atoms with van der Waals surface area (Å²) in [6.45, 7) is 0. The second-order valence-corrected chi connectivity index (χ2v) is 3.24. The van der Waals surface area contributed by atoms with Gasteiger partial charge in [-0.25, -0.2) is 0 Å². The lowest BCUT2D eigenvalue weighted by molar-refractivity contribution is 0.415. The molecule has 1 rings (SSSR count). The third-order valence-electron chi connectivity index (χ3n) is 1.27. The van der Waals surface area contributed by atoms with Crippen molar-refractivity contribution in [2.75, 3.05) is 12.8 Å². The molecule has 1 aromatic carbocycles. The zero-order valence-corrected chi connectivity index (χ0v) is 8.24. The van der Waals surface area contributed by atoms with Gasteiger partial charge in [-0.15, -0.1) is 0 Å². The number of nitrogens with two attached hydrogens (primary N) is 1. The van der Waals surface area contributed by atoms with E-state index < -0.39 is 0 Å². The Kier molecular flexibility index (Phi) is 2.62. The lowest BCUT2D eigenvalue weighted by Gasteiger charge is -2.04. The second-order valence-electron chi connectivity index (χ2n) is 2.01. The van der Waals surface area contributed by atoms with Gasteiger partial charge >= 0.3 is 0 Å². The van der Waals surface area contributed by atoms with Gasteiger partial charge in [-0.05, 0) is 22.0 Å². The van der Waals surface area contributed by atoms with Crippen LogP contribution >= 0.6 is 27.5 Å². The van der Waals surface area contributed by atoms with E-state index in [0.717, 1.165) is 4.47 Å². The van der Waals surface area contributed by atoms with Crippen LogP contribution in [0.4, 0.5) is 5.69 Å². The molecule has 0 spiro atoms. The minimum atomic E-state index is 0.512. The molecule has 60 valence electrons. The van der Waals surface area contributed by atoms with Crippen molar-refractivity contribution < 1.29 is 4.74 Å². The van der Waals surface area contributed by atoms with E-state index in [9.17, 15) is 0 Å². The van der Waals surface area contributed by atoms with Crippen LogP contribution < -0.4 is 10.5 Å². The third-order valence-corrected chi connectivity index (χ3v) is 2.54. The molecule has 0 unspecified atom stereocenters. The van der Waals surface area contributed by atoms with Gasteiger partial charge in [0.05, 0.1) is 17.8 Å². The fraction of sp³-hybridized carbons (Fsp3) is 0.143. The van der Waals surface area contributed by atoms with E-state index in [1.54, 1.807) is 19.2 Å². The highest BCUT2D eigenvalue weighted by Gasteiger charge is 2.03. The molecule has 0 aliphatic rings. The van der Waals surface area contributed by atoms with E-state index in [1.165, 1.54) is 0 Å². The van der Waals surface area contributed by atoms with E-state index in [2.05, 4.69) is 15.9 Å². The van der Waals surface area contributed by atoms with Crippen molar-refractivity contribution in [1.29, 1.82) is 0 Å². The largest absolute Gasteiger partial charge is 0.497 e. The third kappa shape index (κ3) is 1.79. The van der Waals surface area contributed by atoms with Crippen molar-refractivity contribution in [3.05, 3.63) is 21.6 Å². The van der Waals surface area contributed by atoms with E-state index in [4.69, 9.17) is 22.1 Å². The van der Waals surface area contributed by atoms with Crippen LogP contribution in [0.15, 0.2) is 16.6 Å². The van der Waals surface area contributed by atoms with Gasteiger partial charge in [0, 0.05) is 10.5 Å². The van der Waals surface area contributed by atoms with Crippen LogP contribution in [0.25, 0.3) is 0 Å². The van der Waals surface area contributed by atoms with Gasteiger partial charge in [0.1, 0.15) is 5.75 Å². The lowest BCUT2D eigenvalue weighted by Crippen LogP contribution is -1.89. The first-order chi connectivity index (χ1) is 5.15. The maximum absolute atomic E-state index is 5.78. The maximum atomic E-state index is 5.78. The molecule has 0 atom stereocenters. The fourth-order valence-electron chi connectivity index (χ4n) is 0.702. The zero-order valence-electron chi connectivity index (χ0n) is 5.90. The Morgan fingerprint density at radius 3 is 2.64 bits per heavy atom. The summed E-state index contributed by atoms with van der Waals surface area (Å²) >= 11 is 9.02. The molecule has 0 saturated heterocycles. The Morgan fingerprint density at radius 2 is 2.18 bits per heavy atom. The molecule has 0 fully saturated rings. The number of nitrogen functional groups attached to an aromatic ring is 1. The molecule has 0 radical (unpaired) electrons. The molecule has 0 aromatic heterocycles. The number of ether oxygens (including phenoxy) is 1. The Balaban J connectivity index is 3.21. The highest BCUT2D eigenvalue weighted by Crippen LogP contribution is 2.32. The van der Waals surface area contributed by atoms with E-state index in [-0.39, 0.29) is 0 Å². The molecule has 1 aromatic rings. The molecule has 0 aliphatic heterocycles. The van der Waals surface area contributed by atoms with Crippen molar-refractivity contribution in [2.45, 2.75) is 0 Å². The fourth-order valence-corrected chi connectivity index (χ4v) is 1.27. The van der Waals surface area contributed by atoms with Gasteiger partial charge in [-0.3, -0.25) is 0 Å². The molecule has 0 amide bonds. The van der Waals surface area contributed by atoms with Crippen LogP contribution in [-0.2, 0) is 0 Å². The smallest absolute Gasteiger partial charge is 0.122 e. The summed E-state index contributed by atoms with van der Waals surface area (Å²) in [7, 11) is 1.58. The predicted molar refractivity (Wildman–Crippen MR) is 50.1 cm³/mol. The lowest BCUT2D eigenvalue weighted by atomic mass is 10.3. The molecular weight excluding hydrogens is 229 g/mol. The Labute approximate surface area is 78.4 Å². The van der Waals surface area contributed by atoms with Gasteiger partial charge < -0.3 is 10.5 Å². The van der Waals surface area contributed by atoms with Crippen LogP contribution in [0.2, 0.25) is 5.02 Å². The standard InChI is InChI=1S/C7H7BrClNO/c1-11-4-2-5(8)7(9)6(10)3-4/h2-3H,10H2,1H3. The topological polar surface area (TPSA) is 35.2 Å². The van der Waals surface area contributed by atoms with E-state index >= 15 is 0 Å². The number of hydrogen-bond acceptors (Lipinski definition) is 2. The van der Waals surface area contributed by atoms with Gasteiger partial charge in [-0.2, -0.15) is 0 Å². The molecule has 4 heteroatoms. The van der Waals surface area contributed by atoms with E-state index in [0.29, 0.717) is 16.5 Å². The molecule has 0 saturated carbocycles. The predicted octanol–water partition coefficient (Wildman–Crippen LogP) is 2.69. The zero-order chi connectivity index (χ0) is 8.43. The molecule has 2 nitrogen and oxygen atoms in total. The summed E-state index contributed by atoms with van der Waals surface area (Å²) < 4.78 is 5.71. The Hall–Kier alpha value is -0.410. The highest BCUT2D eigenvalue weighted by molar-refractivity contribution is 9.10. The van der Waals surface area contributed by atoms with Crippen molar-refractivity contribution in [1.82, 2.24) is 0 Å². The van der Waals surface area contributed by atoms with Crippen molar-refractivity contribution in [2.24, 2.45) is 0 Å². The quantitative estimate of drug-likeness (QED) is 0.761. The van der Waals surface area contributed by atoms with Gasteiger partial charge in [0.15, 0.2) is 0 Å². The van der Waals surface area contributed by atoms with Gasteiger partial charge in [0.2, 0.25) is 0 Å². The minimum Gasteiger partial charge on any atom is -0.497 e. The number of benzene rings is 1. The minimum absolute atomic E-state index is 0.512. The molecule has 0 aliphatic carbocycles. The SMILES string of the molecule is COc1cc(N)c(Cl)c(Br)c1. The average molecular weight is 236 g/mol. The monoisotopic (exact) mass is 235 g/mol. The summed E-state index contributed by atoms with van der Waals surface area (Å²) in [5.74, 6) is 0.693. The van der Waals surface area contributed by atoms with Crippen LogP contribution in [0, 0.1) is 0 Å². The average Bonchev–Trinajstić information content (AvgIpc) is 1.99. The first-order valence-corrected chi connectivity index (χ1v) is 4.10. The summed E-state index contributed by atoms with van der Waals surface area (Å²) in [6, 6.07) is 3.44. The number of hydrogen-bond donors (Lipinski definition) is 1. The van der Waals surface area contributed by atoms with Crippen LogP contribution in [0.1, 0.15) is 0 Å². The Morgan fingerprint density at radius 1 is 1.55 bits per heavy atom. The number of rotatable bonds is 1. The molecule has 2 N–H and O–H groups in total. The number of halogens is 2. The number of anilines is 1.